The molecule has 17 heavy (non-hydrogen) atoms. The lowest BCUT2D eigenvalue weighted by Crippen LogP contribution is -2.54. The standard InChI is InChI=1S/C13H22N2O2/c1-8-6-15(11(17)14-10(8)16)7-9-12(2,3)13(9,4)5/h8-9H,6-7H2,1-5H3,(H,14,16,17). The van der Waals surface area contributed by atoms with E-state index in [1.54, 1.807) is 4.90 Å². The zero-order valence-corrected chi connectivity index (χ0v) is 11.3. The van der Waals surface area contributed by atoms with E-state index in [2.05, 4.69) is 33.0 Å². The number of hydrogen-bond donors (Lipinski definition) is 1. The van der Waals surface area contributed by atoms with Crippen LogP contribution in [0.3, 0.4) is 0 Å². The summed E-state index contributed by atoms with van der Waals surface area (Å²) in [6, 6.07) is -0.230. The van der Waals surface area contributed by atoms with Gasteiger partial charge >= 0.3 is 6.03 Å². The number of urea groups is 1. The van der Waals surface area contributed by atoms with Crippen molar-refractivity contribution in [3.8, 4) is 0 Å². The average Bonchev–Trinajstić information content (AvgIpc) is 2.57. The maximum Gasteiger partial charge on any atom is 0.324 e. The van der Waals surface area contributed by atoms with Crippen molar-refractivity contribution in [2.24, 2.45) is 22.7 Å². The molecule has 2 rings (SSSR count). The monoisotopic (exact) mass is 238 g/mol. The molecule has 0 aromatic heterocycles. The highest BCUT2D eigenvalue weighted by Crippen LogP contribution is 2.68. The Hall–Kier alpha value is -1.06. The first kappa shape index (κ1) is 12.4. The van der Waals surface area contributed by atoms with Crippen molar-refractivity contribution in [1.82, 2.24) is 10.2 Å². The summed E-state index contributed by atoms with van der Waals surface area (Å²) in [5.74, 6) is 0.263. The lowest BCUT2D eigenvalue weighted by Gasteiger charge is -2.31. The predicted molar refractivity (Wildman–Crippen MR) is 65.3 cm³/mol. The Morgan fingerprint density at radius 3 is 2.24 bits per heavy atom. The minimum atomic E-state index is -0.230. The second kappa shape index (κ2) is 3.47. The molecular weight excluding hydrogens is 216 g/mol. The van der Waals surface area contributed by atoms with Gasteiger partial charge in [0.15, 0.2) is 0 Å². The van der Waals surface area contributed by atoms with Crippen LogP contribution in [0.4, 0.5) is 4.79 Å². The highest BCUT2D eigenvalue weighted by atomic mass is 16.2. The van der Waals surface area contributed by atoms with Gasteiger partial charge < -0.3 is 4.90 Å². The van der Waals surface area contributed by atoms with E-state index in [0.717, 1.165) is 6.54 Å². The van der Waals surface area contributed by atoms with Crippen LogP contribution < -0.4 is 5.32 Å². The molecule has 0 aromatic rings. The molecule has 1 N–H and O–H groups in total. The van der Waals surface area contributed by atoms with Crippen LogP contribution in [-0.2, 0) is 4.79 Å². The quantitative estimate of drug-likeness (QED) is 0.798. The molecule has 1 saturated carbocycles. The van der Waals surface area contributed by atoms with Crippen LogP contribution in [0, 0.1) is 22.7 Å². The summed E-state index contributed by atoms with van der Waals surface area (Å²) in [6.45, 7) is 12.1. The van der Waals surface area contributed by atoms with Gasteiger partial charge in [0.2, 0.25) is 5.91 Å². The second-order valence-corrected chi connectivity index (χ2v) is 6.60. The molecule has 1 aliphatic carbocycles. The van der Waals surface area contributed by atoms with Gasteiger partial charge in [0.05, 0.1) is 5.92 Å². The third-order valence-corrected chi connectivity index (χ3v) is 5.18. The van der Waals surface area contributed by atoms with Gasteiger partial charge in [-0.1, -0.05) is 34.6 Å². The molecule has 2 aliphatic rings. The van der Waals surface area contributed by atoms with Gasteiger partial charge in [0.1, 0.15) is 0 Å². The largest absolute Gasteiger partial charge is 0.324 e. The van der Waals surface area contributed by atoms with E-state index in [0.29, 0.717) is 12.5 Å². The summed E-state index contributed by atoms with van der Waals surface area (Å²) in [5, 5.41) is 2.42. The number of carbonyl (C=O) groups excluding carboxylic acids is 2. The summed E-state index contributed by atoms with van der Waals surface area (Å²) >= 11 is 0. The van der Waals surface area contributed by atoms with Gasteiger partial charge in [-0.15, -0.1) is 0 Å². The molecule has 0 aromatic carbocycles. The van der Waals surface area contributed by atoms with Gasteiger partial charge in [0, 0.05) is 13.1 Å². The van der Waals surface area contributed by atoms with E-state index >= 15 is 0 Å². The topological polar surface area (TPSA) is 49.4 Å². The molecule has 1 saturated heterocycles. The van der Waals surface area contributed by atoms with E-state index < -0.39 is 0 Å². The summed E-state index contributed by atoms with van der Waals surface area (Å²) in [4.78, 5) is 24.9. The zero-order chi connectivity index (χ0) is 13.0. The molecule has 96 valence electrons. The zero-order valence-electron chi connectivity index (χ0n) is 11.3. The highest BCUT2D eigenvalue weighted by Gasteiger charge is 2.64. The van der Waals surface area contributed by atoms with Gasteiger partial charge in [0.25, 0.3) is 0 Å². The second-order valence-electron chi connectivity index (χ2n) is 6.60. The molecule has 1 heterocycles. The molecule has 4 heteroatoms. The summed E-state index contributed by atoms with van der Waals surface area (Å²) < 4.78 is 0. The van der Waals surface area contributed by atoms with Crippen LogP contribution in [0.1, 0.15) is 34.6 Å². The molecule has 0 spiro atoms. The van der Waals surface area contributed by atoms with Crippen molar-refractivity contribution in [2.45, 2.75) is 34.6 Å². The Kier molecular flexibility index (Phi) is 2.53. The molecule has 0 radical (unpaired) electrons. The molecule has 4 nitrogen and oxygen atoms in total. The van der Waals surface area contributed by atoms with Crippen molar-refractivity contribution in [2.75, 3.05) is 13.1 Å². The molecule has 3 amide bonds. The van der Waals surface area contributed by atoms with E-state index in [-0.39, 0.29) is 28.7 Å². The highest BCUT2D eigenvalue weighted by molar-refractivity contribution is 5.97. The third kappa shape index (κ3) is 1.74. The Morgan fingerprint density at radius 2 is 1.76 bits per heavy atom. The van der Waals surface area contributed by atoms with Crippen molar-refractivity contribution in [3.05, 3.63) is 0 Å². The van der Waals surface area contributed by atoms with Crippen LogP contribution in [0.2, 0.25) is 0 Å². The SMILES string of the molecule is CC1CN(CC2C(C)(C)C2(C)C)C(=O)NC1=O. The first-order valence-electron chi connectivity index (χ1n) is 6.27. The minimum absolute atomic E-state index is 0.0994. The normalized spacial score (nSPS) is 31.4. The Bertz CT molecular complexity index is 360. The number of nitrogens with zero attached hydrogens (tertiary/aromatic N) is 1. The van der Waals surface area contributed by atoms with Crippen LogP contribution in [0.25, 0.3) is 0 Å². The van der Waals surface area contributed by atoms with Gasteiger partial charge in [-0.25, -0.2) is 4.79 Å². The van der Waals surface area contributed by atoms with Crippen molar-refractivity contribution in [1.29, 1.82) is 0 Å². The van der Waals surface area contributed by atoms with E-state index in [9.17, 15) is 9.59 Å². The van der Waals surface area contributed by atoms with Gasteiger partial charge in [-0.05, 0) is 16.7 Å². The number of nitrogens with one attached hydrogen (secondary N) is 1. The number of rotatable bonds is 2. The van der Waals surface area contributed by atoms with E-state index in [1.165, 1.54) is 0 Å². The van der Waals surface area contributed by atoms with Gasteiger partial charge in [-0.2, -0.15) is 0 Å². The number of hydrogen-bond acceptors (Lipinski definition) is 2. The smallest absolute Gasteiger partial charge is 0.323 e. The Balaban J connectivity index is 2.02. The first-order chi connectivity index (χ1) is 7.68. The summed E-state index contributed by atoms with van der Waals surface area (Å²) in [7, 11) is 0. The maximum absolute atomic E-state index is 11.7. The minimum Gasteiger partial charge on any atom is -0.323 e. The molecule has 2 fully saturated rings. The van der Waals surface area contributed by atoms with Crippen LogP contribution >= 0.6 is 0 Å². The van der Waals surface area contributed by atoms with Gasteiger partial charge in [-0.3, -0.25) is 10.1 Å². The van der Waals surface area contributed by atoms with Crippen molar-refractivity contribution >= 4 is 11.9 Å². The number of amides is 3. The lowest BCUT2D eigenvalue weighted by atomic mass is 10.0. The Labute approximate surface area is 103 Å². The Morgan fingerprint density at radius 1 is 1.24 bits per heavy atom. The third-order valence-electron chi connectivity index (χ3n) is 5.18. The molecular formula is C13H22N2O2. The van der Waals surface area contributed by atoms with Crippen LogP contribution in [0.15, 0.2) is 0 Å². The van der Waals surface area contributed by atoms with Crippen molar-refractivity contribution in [3.63, 3.8) is 0 Å². The fourth-order valence-corrected chi connectivity index (χ4v) is 2.97. The van der Waals surface area contributed by atoms with E-state index in [1.807, 2.05) is 6.92 Å². The first-order valence-corrected chi connectivity index (χ1v) is 6.27. The lowest BCUT2D eigenvalue weighted by molar-refractivity contribution is -0.125. The molecule has 0 bridgehead atoms. The maximum atomic E-state index is 11.7. The molecule has 1 aliphatic heterocycles. The van der Waals surface area contributed by atoms with E-state index in [4.69, 9.17) is 0 Å². The average molecular weight is 238 g/mol. The number of imide groups is 1. The summed E-state index contributed by atoms with van der Waals surface area (Å²) in [6.07, 6.45) is 0. The fourth-order valence-electron chi connectivity index (χ4n) is 2.97. The molecule has 1 unspecified atom stereocenters. The summed E-state index contributed by atoms with van der Waals surface area (Å²) in [5.41, 5.74) is 0.552. The van der Waals surface area contributed by atoms with Crippen molar-refractivity contribution < 1.29 is 9.59 Å². The predicted octanol–water partition coefficient (Wildman–Crippen LogP) is 1.86. The van der Waals surface area contributed by atoms with Crippen LogP contribution in [0.5, 0.6) is 0 Å². The van der Waals surface area contributed by atoms with Crippen LogP contribution in [-0.4, -0.2) is 29.9 Å². The number of carbonyl (C=O) groups is 2. The molecule has 1 atom stereocenters. The fraction of sp³-hybridized carbons (Fsp3) is 0.846.